The van der Waals surface area contributed by atoms with Gasteiger partial charge in [-0.2, -0.15) is 0 Å². The Bertz CT molecular complexity index is 407. The lowest BCUT2D eigenvalue weighted by Crippen LogP contribution is -2.28. The number of carbonyl (C=O) groups excluding carboxylic acids is 1. The molecule has 100 valence electrons. The minimum atomic E-state index is -0.392. The van der Waals surface area contributed by atoms with E-state index < -0.39 is 5.97 Å². The largest absolute Gasteiger partial charge is 0.462 e. The van der Waals surface area contributed by atoms with Crippen LogP contribution >= 0.6 is 0 Å². The minimum absolute atomic E-state index is 0.0283. The van der Waals surface area contributed by atoms with Crippen LogP contribution < -0.4 is 10.6 Å². The van der Waals surface area contributed by atoms with Crippen LogP contribution in [0.2, 0.25) is 0 Å². The number of benzene rings is 1. The SMILES string of the molecule is CCOC(=O)c1cc(N)ccc1N(CC)CCO. The van der Waals surface area contributed by atoms with E-state index in [-0.39, 0.29) is 6.61 Å². The molecule has 1 rings (SSSR count). The predicted molar refractivity (Wildman–Crippen MR) is 71.8 cm³/mol. The third-order valence-corrected chi connectivity index (χ3v) is 2.61. The van der Waals surface area contributed by atoms with Crippen molar-refractivity contribution in [2.45, 2.75) is 13.8 Å². The fraction of sp³-hybridized carbons (Fsp3) is 0.462. The van der Waals surface area contributed by atoms with Gasteiger partial charge in [-0.05, 0) is 32.0 Å². The van der Waals surface area contributed by atoms with Crippen molar-refractivity contribution in [2.24, 2.45) is 0 Å². The third-order valence-electron chi connectivity index (χ3n) is 2.61. The number of carbonyl (C=O) groups is 1. The topological polar surface area (TPSA) is 75.8 Å². The number of anilines is 2. The van der Waals surface area contributed by atoms with Crippen LogP contribution in [0.25, 0.3) is 0 Å². The molecule has 1 aromatic carbocycles. The van der Waals surface area contributed by atoms with Gasteiger partial charge in [-0.3, -0.25) is 0 Å². The number of nitrogens with zero attached hydrogens (tertiary/aromatic N) is 1. The Labute approximate surface area is 107 Å². The number of likely N-dealkylation sites (N-methyl/N-ethyl adjacent to an activating group) is 1. The molecule has 1 aromatic rings. The smallest absolute Gasteiger partial charge is 0.340 e. The third kappa shape index (κ3) is 3.37. The molecule has 0 heterocycles. The average Bonchev–Trinajstić information content (AvgIpc) is 2.36. The molecule has 0 saturated heterocycles. The Kier molecular flexibility index (Phi) is 5.45. The van der Waals surface area contributed by atoms with Crippen molar-refractivity contribution in [2.75, 3.05) is 36.9 Å². The second kappa shape index (κ2) is 6.86. The molecule has 0 amide bonds. The first kappa shape index (κ1) is 14.3. The Hall–Kier alpha value is -1.75. The summed E-state index contributed by atoms with van der Waals surface area (Å²) in [6, 6.07) is 5.12. The van der Waals surface area contributed by atoms with E-state index in [0.717, 1.165) is 5.69 Å². The van der Waals surface area contributed by atoms with Gasteiger partial charge in [-0.25, -0.2) is 4.79 Å². The summed E-state index contributed by atoms with van der Waals surface area (Å²) in [6.07, 6.45) is 0. The lowest BCUT2D eigenvalue weighted by molar-refractivity contribution is 0.0527. The lowest BCUT2D eigenvalue weighted by atomic mass is 10.1. The second-order valence-corrected chi connectivity index (χ2v) is 3.80. The Morgan fingerprint density at radius 3 is 2.72 bits per heavy atom. The van der Waals surface area contributed by atoms with Crippen LogP contribution in [-0.4, -0.2) is 37.4 Å². The molecule has 3 N–H and O–H groups in total. The summed E-state index contributed by atoms with van der Waals surface area (Å²) < 4.78 is 5.01. The summed E-state index contributed by atoms with van der Waals surface area (Å²) >= 11 is 0. The molecule has 0 aromatic heterocycles. The number of aliphatic hydroxyl groups is 1. The highest BCUT2D eigenvalue weighted by atomic mass is 16.5. The van der Waals surface area contributed by atoms with Gasteiger partial charge in [0.05, 0.1) is 24.5 Å². The van der Waals surface area contributed by atoms with Gasteiger partial charge >= 0.3 is 5.97 Å². The maximum Gasteiger partial charge on any atom is 0.340 e. The van der Waals surface area contributed by atoms with Crippen molar-refractivity contribution in [3.63, 3.8) is 0 Å². The van der Waals surface area contributed by atoms with Crippen molar-refractivity contribution < 1.29 is 14.6 Å². The molecule has 0 fully saturated rings. The summed E-state index contributed by atoms with van der Waals surface area (Å²) in [5.74, 6) is -0.392. The van der Waals surface area contributed by atoms with Crippen LogP contribution in [0.15, 0.2) is 18.2 Å². The Morgan fingerprint density at radius 1 is 1.44 bits per heavy atom. The first-order chi connectivity index (χ1) is 8.63. The van der Waals surface area contributed by atoms with E-state index in [2.05, 4.69) is 0 Å². The average molecular weight is 252 g/mol. The number of nitrogens with two attached hydrogens (primary N) is 1. The molecule has 0 unspecified atom stereocenters. The molecule has 0 bridgehead atoms. The molecule has 0 atom stereocenters. The molecule has 0 radical (unpaired) electrons. The molecule has 5 heteroatoms. The minimum Gasteiger partial charge on any atom is -0.462 e. The number of esters is 1. The molecule has 5 nitrogen and oxygen atoms in total. The van der Waals surface area contributed by atoms with Crippen LogP contribution in [0.4, 0.5) is 11.4 Å². The van der Waals surface area contributed by atoms with Crippen LogP contribution in [-0.2, 0) is 4.74 Å². The number of hydrogen-bond donors (Lipinski definition) is 2. The lowest BCUT2D eigenvalue weighted by Gasteiger charge is -2.24. The van der Waals surface area contributed by atoms with Crippen LogP contribution in [0.5, 0.6) is 0 Å². The number of rotatable bonds is 6. The molecular weight excluding hydrogens is 232 g/mol. The van der Waals surface area contributed by atoms with Gasteiger partial charge in [0.2, 0.25) is 0 Å². The highest BCUT2D eigenvalue weighted by Gasteiger charge is 2.16. The quantitative estimate of drug-likeness (QED) is 0.589. The first-order valence-electron chi connectivity index (χ1n) is 6.06. The Balaban J connectivity index is 3.12. The van der Waals surface area contributed by atoms with Gasteiger partial charge in [0.25, 0.3) is 0 Å². The highest BCUT2D eigenvalue weighted by Crippen LogP contribution is 2.24. The number of hydrogen-bond acceptors (Lipinski definition) is 5. The zero-order valence-electron chi connectivity index (χ0n) is 10.8. The maximum absolute atomic E-state index is 11.9. The van der Waals surface area contributed by atoms with E-state index in [1.54, 1.807) is 25.1 Å². The standard InChI is InChI=1S/C13H20N2O3/c1-3-15(7-8-16)12-6-5-10(14)9-11(12)13(17)18-4-2/h5-6,9,16H,3-4,7-8,14H2,1-2H3. The summed E-state index contributed by atoms with van der Waals surface area (Å²) in [7, 11) is 0. The summed E-state index contributed by atoms with van der Waals surface area (Å²) in [5, 5.41) is 9.03. The van der Waals surface area contributed by atoms with E-state index in [0.29, 0.717) is 30.9 Å². The summed E-state index contributed by atoms with van der Waals surface area (Å²) in [5.41, 5.74) is 7.39. The zero-order chi connectivity index (χ0) is 13.5. The van der Waals surface area contributed by atoms with E-state index >= 15 is 0 Å². The van der Waals surface area contributed by atoms with Crippen molar-refractivity contribution in [3.8, 4) is 0 Å². The van der Waals surface area contributed by atoms with Gasteiger partial charge in [0.15, 0.2) is 0 Å². The van der Waals surface area contributed by atoms with Crippen molar-refractivity contribution >= 4 is 17.3 Å². The number of aliphatic hydroxyl groups excluding tert-OH is 1. The first-order valence-corrected chi connectivity index (χ1v) is 6.06. The molecule has 0 aliphatic heterocycles. The van der Waals surface area contributed by atoms with Crippen LogP contribution in [0.1, 0.15) is 24.2 Å². The monoisotopic (exact) mass is 252 g/mol. The van der Waals surface area contributed by atoms with Gasteiger partial charge in [-0.15, -0.1) is 0 Å². The molecule has 18 heavy (non-hydrogen) atoms. The van der Waals surface area contributed by atoms with Gasteiger partial charge in [0, 0.05) is 18.8 Å². The van der Waals surface area contributed by atoms with E-state index in [1.807, 2.05) is 11.8 Å². The number of nitrogen functional groups attached to an aromatic ring is 1. The maximum atomic E-state index is 11.9. The van der Waals surface area contributed by atoms with Crippen molar-refractivity contribution in [1.82, 2.24) is 0 Å². The summed E-state index contributed by atoms with van der Waals surface area (Å²) in [6.45, 7) is 5.22. The van der Waals surface area contributed by atoms with Crippen molar-refractivity contribution in [3.05, 3.63) is 23.8 Å². The zero-order valence-corrected chi connectivity index (χ0v) is 10.8. The highest BCUT2D eigenvalue weighted by molar-refractivity contribution is 5.97. The molecule has 0 aliphatic rings. The van der Waals surface area contributed by atoms with Gasteiger partial charge < -0.3 is 20.5 Å². The second-order valence-electron chi connectivity index (χ2n) is 3.80. The fourth-order valence-electron chi connectivity index (χ4n) is 1.77. The van der Waals surface area contributed by atoms with Gasteiger partial charge in [0.1, 0.15) is 0 Å². The molecule has 0 saturated carbocycles. The van der Waals surface area contributed by atoms with E-state index in [4.69, 9.17) is 15.6 Å². The molecule has 0 aliphatic carbocycles. The van der Waals surface area contributed by atoms with Crippen molar-refractivity contribution in [1.29, 1.82) is 0 Å². The molecular formula is C13H20N2O3. The summed E-state index contributed by atoms with van der Waals surface area (Å²) in [4.78, 5) is 13.8. The predicted octanol–water partition coefficient (Wildman–Crippen LogP) is 1.26. The van der Waals surface area contributed by atoms with Gasteiger partial charge in [-0.1, -0.05) is 0 Å². The Morgan fingerprint density at radius 2 is 2.17 bits per heavy atom. The fourth-order valence-corrected chi connectivity index (χ4v) is 1.77. The van der Waals surface area contributed by atoms with Crippen LogP contribution in [0.3, 0.4) is 0 Å². The number of ether oxygens (including phenoxy) is 1. The van der Waals surface area contributed by atoms with Crippen LogP contribution in [0, 0.1) is 0 Å². The normalized spacial score (nSPS) is 10.2. The molecule has 0 spiro atoms. The van der Waals surface area contributed by atoms with E-state index in [1.165, 1.54) is 0 Å². The van der Waals surface area contributed by atoms with E-state index in [9.17, 15) is 4.79 Å².